The number of nitrogens with two attached hydrogens (primary N) is 3. The van der Waals surface area contributed by atoms with E-state index in [9.17, 15) is 0 Å². The van der Waals surface area contributed by atoms with Crippen LogP contribution in [0, 0.1) is 0 Å². The van der Waals surface area contributed by atoms with Crippen molar-refractivity contribution in [3.8, 4) is 11.3 Å². The van der Waals surface area contributed by atoms with Gasteiger partial charge < -0.3 is 17.2 Å². The number of pyridine rings is 1. The maximum atomic E-state index is 5.56. The third-order valence-electron chi connectivity index (χ3n) is 2.04. The molecule has 2 aromatic heterocycles. The summed E-state index contributed by atoms with van der Waals surface area (Å²) in [4.78, 5) is 12.3. The van der Waals surface area contributed by atoms with Crippen LogP contribution >= 0.6 is 11.3 Å². The molecular formula is C10H12N6S. The lowest BCUT2D eigenvalue weighted by Crippen LogP contribution is -2.21. The molecule has 7 heteroatoms. The lowest BCUT2D eigenvalue weighted by molar-refractivity contribution is 1.05. The van der Waals surface area contributed by atoms with Crippen LogP contribution < -0.4 is 17.2 Å². The first kappa shape index (κ1) is 11.5. The van der Waals surface area contributed by atoms with Gasteiger partial charge in [-0.3, -0.25) is 4.98 Å². The van der Waals surface area contributed by atoms with E-state index in [0.717, 1.165) is 16.8 Å². The highest BCUT2D eigenvalue weighted by molar-refractivity contribution is 7.13. The third kappa shape index (κ3) is 2.77. The Morgan fingerprint density at radius 2 is 2.18 bits per heavy atom. The van der Waals surface area contributed by atoms with Crippen LogP contribution in [-0.4, -0.2) is 15.9 Å². The monoisotopic (exact) mass is 248 g/mol. The SMILES string of the molecule is NCc1cncc(-c2csc(N=C(N)N)n2)c1. The average Bonchev–Trinajstić information content (AvgIpc) is 2.77. The minimum atomic E-state index is -0.000246. The molecule has 0 bridgehead atoms. The van der Waals surface area contributed by atoms with Gasteiger partial charge in [-0.25, -0.2) is 4.98 Å². The van der Waals surface area contributed by atoms with Gasteiger partial charge in [-0.1, -0.05) is 0 Å². The second kappa shape index (κ2) is 4.89. The van der Waals surface area contributed by atoms with E-state index in [-0.39, 0.29) is 5.96 Å². The number of guanidine groups is 1. The highest BCUT2D eigenvalue weighted by atomic mass is 32.1. The molecule has 88 valence electrons. The van der Waals surface area contributed by atoms with E-state index >= 15 is 0 Å². The molecule has 0 radical (unpaired) electrons. The van der Waals surface area contributed by atoms with Gasteiger partial charge in [0, 0.05) is 29.9 Å². The van der Waals surface area contributed by atoms with Crippen molar-refractivity contribution < 1.29 is 0 Å². The summed E-state index contributed by atoms with van der Waals surface area (Å²) in [5, 5.41) is 2.40. The zero-order valence-electron chi connectivity index (χ0n) is 9.00. The van der Waals surface area contributed by atoms with Crippen LogP contribution in [0.4, 0.5) is 5.13 Å². The molecule has 2 rings (SSSR count). The van der Waals surface area contributed by atoms with Crippen LogP contribution in [0.2, 0.25) is 0 Å². The minimum Gasteiger partial charge on any atom is -0.370 e. The topological polar surface area (TPSA) is 116 Å². The van der Waals surface area contributed by atoms with Gasteiger partial charge in [0.2, 0.25) is 5.13 Å². The van der Waals surface area contributed by atoms with Crippen molar-refractivity contribution in [2.75, 3.05) is 0 Å². The first-order valence-corrected chi connectivity index (χ1v) is 5.76. The molecule has 0 aliphatic rings. The van der Waals surface area contributed by atoms with Crippen molar-refractivity contribution in [2.24, 2.45) is 22.2 Å². The van der Waals surface area contributed by atoms with E-state index in [0.29, 0.717) is 11.7 Å². The second-order valence-corrected chi connectivity index (χ2v) is 4.17. The molecular weight excluding hydrogens is 236 g/mol. The summed E-state index contributed by atoms with van der Waals surface area (Å²) in [7, 11) is 0. The summed E-state index contributed by atoms with van der Waals surface area (Å²) in [6, 6.07) is 1.95. The maximum Gasteiger partial charge on any atom is 0.212 e. The van der Waals surface area contributed by atoms with Crippen molar-refractivity contribution in [3.05, 3.63) is 29.4 Å². The summed E-state index contributed by atoms with van der Waals surface area (Å²) in [5.41, 5.74) is 18.8. The number of hydrogen-bond donors (Lipinski definition) is 3. The van der Waals surface area contributed by atoms with E-state index < -0.39 is 0 Å². The van der Waals surface area contributed by atoms with Crippen molar-refractivity contribution in [2.45, 2.75) is 6.54 Å². The predicted octanol–water partition coefficient (Wildman–Crippen LogP) is 0.569. The highest BCUT2D eigenvalue weighted by Gasteiger charge is 2.05. The summed E-state index contributed by atoms with van der Waals surface area (Å²) < 4.78 is 0. The molecule has 6 N–H and O–H groups in total. The lowest BCUT2D eigenvalue weighted by atomic mass is 10.2. The second-order valence-electron chi connectivity index (χ2n) is 3.34. The molecule has 0 fully saturated rings. The van der Waals surface area contributed by atoms with Gasteiger partial charge in [-0.15, -0.1) is 11.3 Å². The molecule has 6 nitrogen and oxygen atoms in total. The van der Waals surface area contributed by atoms with Gasteiger partial charge in [0.1, 0.15) is 0 Å². The molecule has 0 aliphatic heterocycles. The summed E-state index contributed by atoms with van der Waals surface area (Å²) in [6.07, 6.45) is 3.46. The fourth-order valence-electron chi connectivity index (χ4n) is 1.30. The lowest BCUT2D eigenvalue weighted by Gasteiger charge is -1.98. The smallest absolute Gasteiger partial charge is 0.212 e. The van der Waals surface area contributed by atoms with Crippen molar-refractivity contribution in [1.29, 1.82) is 0 Å². The Morgan fingerprint density at radius 3 is 2.88 bits per heavy atom. The van der Waals surface area contributed by atoms with Gasteiger partial charge in [0.25, 0.3) is 0 Å². The van der Waals surface area contributed by atoms with Crippen LogP contribution in [0.15, 0.2) is 28.8 Å². The minimum absolute atomic E-state index is 0.000246. The summed E-state index contributed by atoms with van der Waals surface area (Å²) in [6.45, 7) is 0.450. The molecule has 0 amide bonds. The van der Waals surface area contributed by atoms with Crippen LogP contribution in [0.3, 0.4) is 0 Å². The molecule has 2 heterocycles. The summed E-state index contributed by atoms with van der Waals surface area (Å²) >= 11 is 1.37. The number of thiazole rings is 1. The molecule has 17 heavy (non-hydrogen) atoms. The Hall–Kier alpha value is -1.99. The number of nitrogens with zero attached hydrogens (tertiary/aromatic N) is 3. The average molecular weight is 248 g/mol. The van der Waals surface area contributed by atoms with Gasteiger partial charge in [-0.05, 0) is 11.6 Å². The largest absolute Gasteiger partial charge is 0.370 e. The van der Waals surface area contributed by atoms with E-state index in [2.05, 4.69) is 15.0 Å². The third-order valence-corrected chi connectivity index (χ3v) is 2.78. The van der Waals surface area contributed by atoms with Crippen molar-refractivity contribution >= 4 is 22.4 Å². The highest BCUT2D eigenvalue weighted by Crippen LogP contribution is 2.26. The Kier molecular flexibility index (Phi) is 3.31. The zero-order chi connectivity index (χ0) is 12.3. The predicted molar refractivity (Wildman–Crippen MR) is 68.7 cm³/mol. The number of rotatable bonds is 3. The molecule has 0 aliphatic carbocycles. The van der Waals surface area contributed by atoms with Crippen LogP contribution in [0.25, 0.3) is 11.3 Å². The van der Waals surface area contributed by atoms with Crippen LogP contribution in [0.1, 0.15) is 5.56 Å². The van der Waals surface area contributed by atoms with Crippen molar-refractivity contribution in [3.63, 3.8) is 0 Å². The standard InChI is InChI=1S/C10H12N6S/c11-2-6-1-7(4-14-3-6)8-5-17-10(15-8)16-9(12)13/h1,3-5H,2,11H2,(H4,12,13,15,16). The molecule has 2 aromatic rings. The van der Waals surface area contributed by atoms with Crippen molar-refractivity contribution in [1.82, 2.24) is 9.97 Å². The first-order valence-electron chi connectivity index (χ1n) is 4.88. The van der Waals surface area contributed by atoms with E-state index in [1.54, 1.807) is 12.4 Å². The fourth-order valence-corrected chi connectivity index (χ4v) is 2.01. The van der Waals surface area contributed by atoms with Gasteiger partial charge in [-0.2, -0.15) is 4.99 Å². The number of hydrogen-bond acceptors (Lipinski definition) is 5. The molecule has 0 saturated carbocycles. The zero-order valence-corrected chi connectivity index (χ0v) is 9.81. The van der Waals surface area contributed by atoms with E-state index in [1.807, 2.05) is 11.4 Å². The molecule has 0 atom stereocenters. The number of aromatic nitrogens is 2. The molecule has 0 unspecified atom stereocenters. The Labute approximate surface area is 102 Å². The first-order chi connectivity index (χ1) is 8.19. The summed E-state index contributed by atoms with van der Waals surface area (Å²) in [5.74, 6) is -0.000246. The van der Waals surface area contributed by atoms with Gasteiger partial charge >= 0.3 is 0 Å². The fraction of sp³-hybridized carbons (Fsp3) is 0.100. The Bertz CT molecular complexity index is 543. The van der Waals surface area contributed by atoms with Gasteiger partial charge in [0.05, 0.1) is 5.69 Å². The Balaban J connectivity index is 2.33. The Morgan fingerprint density at radius 1 is 1.35 bits per heavy atom. The van der Waals surface area contributed by atoms with Crippen LogP contribution in [-0.2, 0) is 6.54 Å². The molecule has 0 saturated heterocycles. The molecule has 0 spiro atoms. The maximum absolute atomic E-state index is 5.56. The van der Waals surface area contributed by atoms with E-state index in [1.165, 1.54) is 11.3 Å². The van der Waals surface area contributed by atoms with Crippen LogP contribution in [0.5, 0.6) is 0 Å². The normalized spacial score (nSPS) is 10.2. The quantitative estimate of drug-likeness (QED) is 0.542. The molecule has 0 aromatic carbocycles. The van der Waals surface area contributed by atoms with Gasteiger partial charge in [0.15, 0.2) is 5.96 Å². The number of aliphatic imine (C=N–C) groups is 1. The van der Waals surface area contributed by atoms with E-state index in [4.69, 9.17) is 17.2 Å².